The summed E-state index contributed by atoms with van der Waals surface area (Å²) in [6.07, 6.45) is 7.42. The number of aliphatic hydroxyl groups excluding tert-OH is 1. The number of aromatic hydroxyl groups is 1. The van der Waals surface area contributed by atoms with Crippen LogP contribution in [0.15, 0.2) is 77.6 Å². The quantitative estimate of drug-likeness (QED) is 0.0832. The van der Waals surface area contributed by atoms with E-state index in [2.05, 4.69) is 52.5 Å². The van der Waals surface area contributed by atoms with E-state index < -0.39 is 18.1 Å². The number of aliphatic hydroxyl groups is 1. The van der Waals surface area contributed by atoms with Crippen molar-refractivity contribution in [3.63, 3.8) is 0 Å². The molecule has 1 unspecified atom stereocenters. The zero-order valence-corrected chi connectivity index (χ0v) is 39.5. The monoisotopic (exact) mass is 939 g/mol. The Balaban J connectivity index is 0.686. The molecule has 0 bridgehead atoms. The molecule has 18 nitrogen and oxygen atoms in total. The molecule has 4 atom stereocenters. The van der Waals surface area contributed by atoms with Crippen molar-refractivity contribution in [3.05, 3.63) is 89.9 Å². The number of anilines is 3. The Morgan fingerprint density at radius 2 is 1.78 bits per heavy atom. The molecule has 2 amide bonds. The molecule has 4 aliphatic rings. The van der Waals surface area contributed by atoms with Gasteiger partial charge in [0, 0.05) is 63.2 Å². The van der Waals surface area contributed by atoms with Crippen LogP contribution in [-0.4, -0.2) is 148 Å². The SMILES string of the molecule is COc1cc(C(C(=O)N2C[C@H](O)C[C@H]2C(=O)NCC#Cc2ccccc2OCCCCN2CCC(c3cnc(N4CCN5c6cc(-c7ccccc7O)nnc6NC[C@H]5C4)nc3)CC2)C(C)C)on1. The first kappa shape index (κ1) is 47.1. The third-order valence-electron chi connectivity index (χ3n) is 13.7. The second-order valence-corrected chi connectivity index (χ2v) is 18.5. The Morgan fingerprint density at radius 3 is 2.57 bits per heavy atom. The van der Waals surface area contributed by atoms with Crippen molar-refractivity contribution in [2.75, 3.05) is 87.7 Å². The van der Waals surface area contributed by atoms with Gasteiger partial charge in [0.2, 0.25) is 17.8 Å². The average molecular weight is 940 g/mol. The van der Waals surface area contributed by atoms with E-state index in [4.69, 9.17) is 24.0 Å². The van der Waals surface area contributed by atoms with Crippen molar-refractivity contribution in [1.29, 1.82) is 0 Å². The van der Waals surface area contributed by atoms with E-state index >= 15 is 0 Å². The fraction of sp³-hybridized carbons (Fsp3) is 0.471. The molecule has 3 fully saturated rings. The Hall–Kier alpha value is -6.97. The van der Waals surface area contributed by atoms with E-state index in [1.54, 1.807) is 18.2 Å². The Labute approximate surface area is 402 Å². The highest BCUT2D eigenvalue weighted by molar-refractivity contribution is 5.91. The highest BCUT2D eigenvalue weighted by Gasteiger charge is 2.43. The van der Waals surface area contributed by atoms with Crippen LogP contribution >= 0.6 is 0 Å². The number of nitrogens with zero attached hydrogens (tertiary/aromatic N) is 9. The zero-order valence-electron chi connectivity index (χ0n) is 39.5. The Kier molecular flexibility index (Phi) is 14.7. The van der Waals surface area contributed by atoms with E-state index in [-0.39, 0.29) is 54.9 Å². The maximum atomic E-state index is 13.7. The fourth-order valence-electron chi connectivity index (χ4n) is 9.93. The molecule has 2 aromatic carbocycles. The van der Waals surface area contributed by atoms with Crippen LogP contribution in [0.25, 0.3) is 11.3 Å². The van der Waals surface area contributed by atoms with Gasteiger partial charge in [-0.15, -0.1) is 10.2 Å². The summed E-state index contributed by atoms with van der Waals surface area (Å²) in [5.41, 5.74) is 4.24. The predicted octanol–water partition coefficient (Wildman–Crippen LogP) is 4.66. The molecule has 0 aliphatic carbocycles. The zero-order chi connectivity index (χ0) is 47.9. The summed E-state index contributed by atoms with van der Waals surface area (Å²) in [4.78, 5) is 45.4. The number of para-hydroxylation sites is 2. The normalized spacial score (nSPS) is 19.8. The lowest BCUT2D eigenvalue weighted by Gasteiger charge is -2.45. The number of unbranched alkanes of at least 4 members (excludes halogenated alkanes) is 1. The number of fused-ring (bicyclic) bond motifs is 3. The summed E-state index contributed by atoms with van der Waals surface area (Å²) in [6, 6.07) is 17.8. The maximum absolute atomic E-state index is 13.7. The van der Waals surface area contributed by atoms with Crippen molar-refractivity contribution in [2.24, 2.45) is 5.92 Å². The minimum absolute atomic E-state index is 0.0472. The van der Waals surface area contributed by atoms with Crippen molar-refractivity contribution in [3.8, 4) is 40.5 Å². The largest absolute Gasteiger partial charge is 0.507 e. The van der Waals surface area contributed by atoms with Gasteiger partial charge in [0.15, 0.2) is 11.6 Å². The molecule has 3 saturated heterocycles. The molecule has 0 saturated carbocycles. The molecule has 7 heterocycles. The molecule has 4 N–H and O–H groups in total. The molecule has 9 rings (SSSR count). The number of likely N-dealkylation sites (tertiary alicyclic amines) is 2. The van der Waals surface area contributed by atoms with Crippen LogP contribution < -0.4 is 29.9 Å². The maximum Gasteiger partial charge on any atom is 0.254 e. The number of benzene rings is 2. The molecule has 0 spiro atoms. The third-order valence-corrected chi connectivity index (χ3v) is 13.7. The average Bonchev–Trinajstić information content (AvgIpc) is 4.02. The van der Waals surface area contributed by atoms with Crippen LogP contribution in [0.1, 0.15) is 74.7 Å². The number of amides is 2. The number of piperidine rings is 1. The summed E-state index contributed by atoms with van der Waals surface area (Å²) in [7, 11) is 1.47. The number of piperazine rings is 1. The topological polar surface area (TPSA) is 208 Å². The van der Waals surface area contributed by atoms with Gasteiger partial charge in [-0.2, -0.15) is 0 Å². The number of rotatable bonds is 15. The molecule has 0 radical (unpaired) electrons. The lowest BCUT2D eigenvalue weighted by atomic mass is 9.91. The Bertz CT molecular complexity index is 2630. The van der Waals surface area contributed by atoms with Gasteiger partial charge in [-0.05, 0) is 98.2 Å². The van der Waals surface area contributed by atoms with Gasteiger partial charge in [-0.25, -0.2) is 9.97 Å². The fourth-order valence-corrected chi connectivity index (χ4v) is 9.93. The molecule has 362 valence electrons. The number of β-amino-alcohol motifs (C(OH)–C–C–N with tert-alkyl or cyclic N) is 1. The van der Waals surface area contributed by atoms with Crippen LogP contribution in [0.2, 0.25) is 0 Å². The highest BCUT2D eigenvalue weighted by Crippen LogP contribution is 2.37. The number of phenolic OH excluding ortho intramolecular Hbond substituents is 1. The first-order valence-corrected chi connectivity index (χ1v) is 24.1. The number of carbonyl (C=O) groups excluding carboxylic acids is 2. The summed E-state index contributed by atoms with van der Waals surface area (Å²) in [6.45, 7) is 10.7. The van der Waals surface area contributed by atoms with E-state index in [1.165, 1.54) is 17.6 Å². The molecular weight excluding hydrogens is 879 g/mol. The van der Waals surface area contributed by atoms with E-state index in [0.29, 0.717) is 35.3 Å². The first-order valence-electron chi connectivity index (χ1n) is 24.1. The molecule has 3 aromatic heterocycles. The standard InChI is InChI=1S/C51H61N11O7/c1-33(2)47(45-27-46(67-3)58-69-45)50(66)62-32-38(63)25-42(62)49(65)52-18-10-12-35-11-4-7-15-44(35)68-24-9-8-19-59-20-16-34(17-21-59)36-28-54-51(55-29-36)60-22-23-61-37(31-60)30-53-48-41(61)26-40(56-57-48)39-13-5-6-14-43(39)64/h4-7,11,13-15,26-29,33-34,37-38,42,47,63-64H,8-9,16-25,30-32H2,1-3H3,(H,52,65)(H,53,57)/t37-,38+,42-,47?/m0/s1. The Morgan fingerprint density at radius 1 is 0.986 bits per heavy atom. The van der Waals surface area contributed by atoms with E-state index in [9.17, 15) is 19.8 Å². The van der Waals surface area contributed by atoms with E-state index in [1.807, 2.05) is 68.7 Å². The first-order chi connectivity index (χ1) is 33.6. The number of aromatic nitrogens is 5. The second-order valence-electron chi connectivity index (χ2n) is 18.5. The van der Waals surface area contributed by atoms with Crippen molar-refractivity contribution < 1.29 is 33.8 Å². The summed E-state index contributed by atoms with van der Waals surface area (Å²) in [5.74, 6) is 8.09. The van der Waals surface area contributed by atoms with Gasteiger partial charge in [-0.3, -0.25) is 9.59 Å². The van der Waals surface area contributed by atoms with E-state index in [0.717, 1.165) is 94.5 Å². The molecule has 4 aliphatic heterocycles. The van der Waals surface area contributed by atoms with Crippen LogP contribution in [0.5, 0.6) is 17.4 Å². The van der Waals surface area contributed by atoms with Crippen LogP contribution in [0.4, 0.5) is 17.5 Å². The van der Waals surface area contributed by atoms with Crippen LogP contribution in [0.3, 0.4) is 0 Å². The number of hydrogen-bond donors (Lipinski definition) is 4. The third kappa shape index (κ3) is 10.8. The van der Waals surface area contributed by atoms with Gasteiger partial charge in [0.1, 0.15) is 23.5 Å². The van der Waals surface area contributed by atoms with Gasteiger partial charge < -0.3 is 54.4 Å². The molecule has 69 heavy (non-hydrogen) atoms. The predicted molar refractivity (Wildman–Crippen MR) is 259 cm³/mol. The van der Waals surface area contributed by atoms with Gasteiger partial charge >= 0.3 is 0 Å². The minimum Gasteiger partial charge on any atom is -0.507 e. The lowest BCUT2D eigenvalue weighted by Crippen LogP contribution is -2.58. The summed E-state index contributed by atoms with van der Waals surface area (Å²) < 4.78 is 16.7. The molecular formula is C51H61N11O7. The number of hydrogen-bond acceptors (Lipinski definition) is 16. The number of phenols is 1. The minimum atomic E-state index is -0.838. The van der Waals surface area contributed by atoms with Crippen molar-refractivity contribution >= 4 is 29.3 Å². The highest BCUT2D eigenvalue weighted by atomic mass is 16.5. The summed E-state index contributed by atoms with van der Waals surface area (Å²) in [5, 5.41) is 39.9. The van der Waals surface area contributed by atoms with Crippen molar-refractivity contribution in [1.82, 2.24) is 40.4 Å². The van der Waals surface area contributed by atoms with Gasteiger partial charge in [0.05, 0.1) is 49.4 Å². The molecule has 18 heteroatoms. The van der Waals surface area contributed by atoms with Gasteiger partial charge in [0.25, 0.3) is 5.88 Å². The number of carbonyl (C=O) groups is 2. The van der Waals surface area contributed by atoms with Crippen molar-refractivity contribution in [2.45, 2.75) is 76.0 Å². The van der Waals surface area contributed by atoms with Crippen LogP contribution in [0, 0.1) is 17.8 Å². The number of nitrogens with one attached hydrogen (secondary N) is 2. The summed E-state index contributed by atoms with van der Waals surface area (Å²) >= 11 is 0. The molecule has 5 aromatic rings. The second kappa shape index (κ2) is 21.5. The van der Waals surface area contributed by atoms with Gasteiger partial charge in [-0.1, -0.05) is 50.0 Å². The van der Waals surface area contributed by atoms with Crippen LogP contribution in [-0.2, 0) is 9.59 Å². The number of ether oxygens (including phenoxy) is 2. The lowest BCUT2D eigenvalue weighted by molar-refractivity contribution is -0.140. The number of methoxy groups -OCH3 is 1. The smallest absolute Gasteiger partial charge is 0.254 e.